The standard InChI is InChI=1S/C23H25N5O3/c29-22(17-6-4-16(5-7-17)21-26-23(31-27-21)18-8-9-18)25-15-20(19-3-1-2-10-24-19)28-11-13-30-14-12-28/h1-7,10,18,20H,8-9,11-15H2,(H,25,29)/t20-/m0/s1. The van der Waals surface area contributed by atoms with E-state index in [1.165, 1.54) is 0 Å². The summed E-state index contributed by atoms with van der Waals surface area (Å²) in [5, 5.41) is 7.13. The molecule has 2 fully saturated rings. The number of carbonyl (C=O) groups is 1. The number of hydrogen-bond acceptors (Lipinski definition) is 7. The van der Waals surface area contributed by atoms with Crippen molar-refractivity contribution in [2.45, 2.75) is 24.8 Å². The van der Waals surface area contributed by atoms with Gasteiger partial charge in [-0.05, 0) is 37.1 Å². The second-order valence-electron chi connectivity index (χ2n) is 7.94. The highest BCUT2D eigenvalue weighted by Crippen LogP contribution is 2.39. The van der Waals surface area contributed by atoms with Crippen molar-refractivity contribution >= 4 is 5.91 Å². The molecule has 1 N–H and O–H groups in total. The Bertz CT molecular complexity index is 1010. The van der Waals surface area contributed by atoms with Crippen LogP contribution >= 0.6 is 0 Å². The van der Waals surface area contributed by atoms with Crippen molar-refractivity contribution < 1.29 is 14.1 Å². The summed E-state index contributed by atoms with van der Waals surface area (Å²) >= 11 is 0. The Balaban J connectivity index is 1.24. The highest BCUT2D eigenvalue weighted by atomic mass is 16.5. The summed E-state index contributed by atoms with van der Waals surface area (Å²) in [4.78, 5) is 24.1. The molecule has 1 aromatic carbocycles. The summed E-state index contributed by atoms with van der Waals surface area (Å²) in [5.41, 5.74) is 2.38. The number of hydrogen-bond donors (Lipinski definition) is 1. The van der Waals surface area contributed by atoms with Crippen molar-refractivity contribution in [3.63, 3.8) is 0 Å². The monoisotopic (exact) mass is 419 g/mol. The van der Waals surface area contributed by atoms with Crippen LogP contribution in [0.4, 0.5) is 0 Å². The molecular formula is C23H25N5O3. The maximum atomic E-state index is 12.8. The van der Waals surface area contributed by atoms with E-state index < -0.39 is 0 Å². The normalized spacial score (nSPS) is 17.9. The van der Waals surface area contributed by atoms with Gasteiger partial charge in [0, 0.05) is 42.9 Å². The molecule has 0 spiro atoms. The van der Waals surface area contributed by atoms with E-state index in [1.807, 2.05) is 30.3 Å². The summed E-state index contributed by atoms with van der Waals surface area (Å²) in [6.07, 6.45) is 4.02. The van der Waals surface area contributed by atoms with Gasteiger partial charge in [0.25, 0.3) is 5.91 Å². The summed E-state index contributed by atoms with van der Waals surface area (Å²) in [6, 6.07) is 13.2. The van der Waals surface area contributed by atoms with Gasteiger partial charge in [-0.25, -0.2) is 0 Å². The van der Waals surface area contributed by atoms with Crippen LogP contribution in [0, 0.1) is 0 Å². The van der Waals surface area contributed by atoms with Gasteiger partial charge in [0.1, 0.15) is 0 Å². The molecule has 31 heavy (non-hydrogen) atoms. The zero-order valence-electron chi connectivity index (χ0n) is 17.2. The molecule has 1 aliphatic heterocycles. The van der Waals surface area contributed by atoms with Crippen molar-refractivity contribution in [2.75, 3.05) is 32.8 Å². The van der Waals surface area contributed by atoms with Crippen molar-refractivity contribution in [1.82, 2.24) is 25.3 Å². The molecule has 0 radical (unpaired) electrons. The molecule has 8 heteroatoms. The fourth-order valence-corrected chi connectivity index (χ4v) is 3.79. The molecule has 3 heterocycles. The molecular weight excluding hydrogens is 394 g/mol. The van der Waals surface area contributed by atoms with Crippen LogP contribution in [0.2, 0.25) is 0 Å². The molecule has 2 aromatic heterocycles. The van der Waals surface area contributed by atoms with E-state index in [0.717, 1.165) is 37.2 Å². The van der Waals surface area contributed by atoms with Crippen LogP contribution in [0.1, 0.15) is 46.7 Å². The number of rotatable bonds is 7. The summed E-state index contributed by atoms with van der Waals surface area (Å²) < 4.78 is 10.8. The van der Waals surface area contributed by atoms with Crippen molar-refractivity contribution in [3.8, 4) is 11.4 Å². The first kappa shape index (κ1) is 19.8. The van der Waals surface area contributed by atoms with Crippen LogP contribution < -0.4 is 5.32 Å². The highest BCUT2D eigenvalue weighted by molar-refractivity contribution is 5.94. The van der Waals surface area contributed by atoms with Gasteiger partial charge < -0.3 is 14.6 Å². The number of nitrogens with zero attached hydrogens (tertiary/aromatic N) is 4. The fraction of sp³-hybridized carbons (Fsp3) is 0.391. The Morgan fingerprint density at radius 1 is 1.13 bits per heavy atom. The maximum absolute atomic E-state index is 12.8. The third-order valence-electron chi connectivity index (χ3n) is 5.75. The molecule has 5 rings (SSSR count). The molecule has 3 aromatic rings. The Morgan fingerprint density at radius 2 is 1.94 bits per heavy atom. The number of pyridine rings is 1. The Morgan fingerprint density at radius 3 is 2.65 bits per heavy atom. The topological polar surface area (TPSA) is 93.4 Å². The van der Waals surface area contributed by atoms with Gasteiger partial charge in [-0.1, -0.05) is 23.4 Å². The Labute approximate surface area is 180 Å². The van der Waals surface area contributed by atoms with Gasteiger partial charge >= 0.3 is 0 Å². The molecule has 1 atom stereocenters. The lowest BCUT2D eigenvalue weighted by molar-refractivity contribution is 0.0154. The van der Waals surface area contributed by atoms with Crippen molar-refractivity contribution in [2.24, 2.45) is 0 Å². The predicted octanol–water partition coefficient (Wildman–Crippen LogP) is 2.81. The lowest BCUT2D eigenvalue weighted by Gasteiger charge is -2.34. The lowest BCUT2D eigenvalue weighted by atomic mass is 10.1. The van der Waals surface area contributed by atoms with E-state index in [4.69, 9.17) is 9.26 Å². The first-order valence-corrected chi connectivity index (χ1v) is 10.7. The average molecular weight is 419 g/mol. The number of amides is 1. The number of carbonyl (C=O) groups excluding carboxylic acids is 1. The smallest absolute Gasteiger partial charge is 0.251 e. The molecule has 1 aliphatic carbocycles. The average Bonchev–Trinajstić information content (AvgIpc) is 3.57. The van der Waals surface area contributed by atoms with E-state index in [-0.39, 0.29) is 11.9 Å². The Kier molecular flexibility index (Phi) is 5.73. The number of benzene rings is 1. The molecule has 1 saturated heterocycles. The third-order valence-corrected chi connectivity index (χ3v) is 5.75. The van der Waals surface area contributed by atoms with Gasteiger partial charge in [0.15, 0.2) is 0 Å². The number of aromatic nitrogens is 3. The Hall–Kier alpha value is -3.10. The second-order valence-corrected chi connectivity index (χ2v) is 7.94. The van der Waals surface area contributed by atoms with Crippen molar-refractivity contribution in [1.29, 1.82) is 0 Å². The SMILES string of the molecule is O=C(NC[C@@H](c1ccccn1)N1CCOCC1)c1ccc(-c2noc(C3CC3)n2)cc1. The van der Waals surface area contributed by atoms with Gasteiger partial charge in [0.2, 0.25) is 11.7 Å². The second kappa shape index (κ2) is 8.95. The molecule has 160 valence electrons. The minimum absolute atomic E-state index is 0.00787. The fourth-order valence-electron chi connectivity index (χ4n) is 3.79. The van der Waals surface area contributed by atoms with Crippen LogP contribution in [0.5, 0.6) is 0 Å². The number of ether oxygens (including phenoxy) is 1. The lowest BCUT2D eigenvalue weighted by Crippen LogP contribution is -2.44. The van der Waals surface area contributed by atoms with Gasteiger partial charge in [-0.3, -0.25) is 14.7 Å². The minimum atomic E-state index is -0.118. The predicted molar refractivity (Wildman–Crippen MR) is 113 cm³/mol. The van der Waals surface area contributed by atoms with E-state index in [9.17, 15) is 4.79 Å². The van der Waals surface area contributed by atoms with Crippen LogP contribution in [0.25, 0.3) is 11.4 Å². The van der Waals surface area contributed by atoms with Gasteiger partial charge in [0.05, 0.1) is 24.9 Å². The number of morpholine rings is 1. The van der Waals surface area contributed by atoms with Crippen LogP contribution in [0.15, 0.2) is 53.2 Å². The summed E-state index contributed by atoms with van der Waals surface area (Å²) in [6.45, 7) is 3.50. The van der Waals surface area contributed by atoms with Gasteiger partial charge in [-0.2, -0.15) is 4.98 Å². The van der Waals surface area contributed by atoms with E-state index >= 15 is 0 Å². The molecule has 0 unspecified atom stereocenters. The van der Waals surface area contributed by atoms with Crippen LogP contribution in [-0.2, 0) is 4.74 Å². The molecule has 8 nitrogen and oxygen atoms in total. The molecule has 2 aliphatic rings. The number of nitrogens with one attached hydrogen (secondary N) is 1. The maximum Gasteiger partial charge on any atom is 0.251 e. The first-order chi connectivity index (χ1) is 15.3. The van der Waals surface area contributed by atoms with E-state index in [0.29, 0.717) is 43.0 Å². The van der Waals surface area contributed by atoms with Crippen LogP contribution in [0.3, 0.4) is 0 Å². The molecule has 1 amide bonds. The third kappa shape index (κ3) is 4.65. The van der Waals surface area contributed by atoms with Gasteiger partial charge in [-0.15, -0.1) is 0 Å². The zero-order valence-corrected chi connectivity index (χ0v) is 17.2. The molecule has 1 saturated carbocycles. The van der Waals surface area contributed by atoms with E-state index in [1.54, 1.807) is 18.3 Å². The minimum Gasteiger partial charge on any atom is -0.379 e. The molecule has 0 bridgehead atoms. The summed E-state index contributed by atoms with van der Waals surface area (Å²) in [7, 11) is 0. The van der Waals surface area contributed by atoms with Crippen molar-refractivity contribution in [3.05, 3.63) is 65.8 Å². The zero-order chi connectivity index (χ0) is 21.0. The summed E-state index contributed by atoms with van der Waals surface area (Å²) in [5.74, 6) is 1.58. The first-order valence-electron chi connectivity index (χ1n) is 10.7. The largest absolute Gasteiger partial charge is 0.379 e. The van der Waals surface area contributed by atoms with Crippen LogP contribution in [-0.4, -0.2) is 58.8 Å². The highest BCUT2D eigenvalue weighted by Gasteiger charge is 2.30. The van der Waals surface area contributed by atoms with E-state index in [2.05, 4.69) is 25.3 Å². The quantitative estimate of drug-likeness (QED) is 0.629.